The van der Waals surface area contributed by atoms with Gasteiger partial charge in [-0.15, -0.1) is 5.10 Å². The maximum Gasteiger partial charge on any atom is 0.233 e. The number of rotatable bonds is 7. The summed E-state index contributed by atoms with van der Waals surface area (Å²) in [7, 11) is 1.63. The van der Waals surface area contributed by atoms with Crippen LogP contribution in [0, 0.1) is 13.8 Å². The summed E-state index contributed by atoms with van der Waals surface area (Å²) in [4.78, 5) is 12.5. The minimum absolute atomic E-state index is 0.0728. The molecule has 8 heteroatoms. The molecule has 0 spiro atoms. The molecule has 3 aromatic rings. The topological polar surface area (TPSA) is 81.9 Å². The van der Waals surface area contributed by atoms with Crippen LogP contribution in [0.1, 0.15) is 23.6 Å². The fourth-order valence-corrected chi connectivity index (χ4v) is 3.46. The largest absolute Gasteiger partial charge is 0.497 e. The number of benzene rings is 2. The SMILES string of the molecule is COc1ccc(CNC(=O)[C@H](C)Sc2nnnn2-c2cc(C)ccc2C)cc1. The van der Waals surface area contributed by atoms with Gasteiger partial charge in [0.1, 0.15) is 5.75 Å². The molecule has 1 atom stereocenters. The fraction of sp³-hybridized carbons (Fsp3) is 0.300. The number of nitrogens with one attached hydrogen (secondary N) is 1. The smallest absolute Gasteiger partial charge is 0.233 e. The van der Waals surface area contributed by atoms with Gasteiger partial charge >= 0.3 is 0 Å². The summed E-state index contributed by atoms with van der Waals surface area (Å²) < 4.78 is 6.82. The molecule has 0 unspecified atom stereocenters. The number of aryl methyl sites for hydroxylation is 2. The second kappa shape index (κ2) is 8.88. The second-order valence-electron chi connectivity index (χ2n) is 6.49. The third-order valence-electron chi connectivity index (χ3n) is 4.31. The molecule has 1 aromatic heterocycles. The van der Waals surface area contributed by atoms with Gasteiger partial charge in [-0.05, 0) is 66.1 Å². The first-order valence-electron chi connectivity index (χ1n) is 8.91. The summed E-state index contributed by atoms with van der Waals surface area (Å²) in [5.41, 5.74) is 4.11. The highest BCUT2D eigenvalue weighted by Crippen LogP contribution is 2.25. The Morgan fingerprint density at radius 1 is 1.21 bits per heavy atom. The van der Waals surface area contributed by atoms with Crippen LogP contribution in [0.5, 0.6) is 5.75 Å². The number of nitrogens with zero attached hydrogens (tertiary/aromatic N) is 4. The van der Waals surface area contributed by atoms with E-state index in [1.54, 1.807) is 11.8 Å². The van der Waals surface area contributed by atoms with Gasteiger partial charge in [0.25, 0.3) is 0 Å². The van der Waals surface area contributed by atoms with E-state index in [0.29, 0.717) is 11.7 Å². The molecule has 2 aromatic carbocycles. The number of hydrogen-bond donors (Lipinski definition) is 1. The first-order valence-corrected chi connectivity index (χ1v) is 9.79. The van der Waals surface area contributed by atoms with E-state index < -0.39 is 0 Å². The number of thioether (sulfide) groups is 1. The number of amides is 1. The molecule has 1 N–H and O–H groups in total. The third-order valence-corrected chi connectivity index (χ3v) is 5.34. The quantitative estimate of drug-likeness (QED) is 0.617. The summed E-state index contributed by atoms with van der Waals surface area (Å²) in [5.74, 6) is 0.716. The lowest BCUT2D eigenvalue weighted by Crippen LogP contribution is -2.30. The number of carbonyl (C=O) groups is 1. The van der Waals surface area contributed by atoms with Gasteiger partial charge in [0.15, 0.2) is 0 Å². The van der Waals surface area contributed by atoms with E-state index in [1.807, 2.05) is 63.2 Å². The van der Waals surface area contributed by atoms with Gasteiger partial charge in [0.2, 0.25) is 11.1 Å². The Morgan fingerprint density at radius 3 is 2.68 bits per heavy atom. The Hall–Kier alpha value is -2.87. The third kappa shape index (κ3) is 4.69. The van der Waals surface area contributed by atoms with E-state index in [1.165, 1.54) is 11.8 Å². The zero-order valence-electron chi connectivity index (χ0n) is 16.3. The minimum Gasteiger partial charge on any atom is -0.497 e. The van der Waals surface area contributed by atoms with Crippen LogP contribution < -0.4 is 10.1 Å². The zero-order valence-corrected chi connectivity index (χ0v) is 17.2. The molecule has 0 aliphatic heterocycles. The molecule has 0 fully saturated rings. The first-order chi connectivity index (χ1) is 13.5. The Labute approximate surface area is 168 Å². The van der Waals surface area contributed by atoms with Crippen molar-refractivity contribution in [2.45, 2.75) is 37.7 Å². The Balaban J connectivity index is 1.64. The highest BCUT2D eigenvalue weighted by molar-refractivity contribution is 8.00. The van der Waals surface area contributed by atoms with Gasteiger partial charge in [0.05, 0.1) is 18.0 Å². The van der Waals surface area contributed by atoms with Crippen molar-refractivity contribution in [3.63, 3.8) is 0 Å². The summed E-state index contributed by atoms with van der Waals surface area (Å²) in [6.45, 7) is 6.33. The van der Waals surface area contributed by atoms with Gasteiger partial charge in [0, 0.05) is 6.54 Å². The molecular formula is C20H23N5O2S. The van der Waals surface area contributed by atoms with Gasteiger partial charge in [-0.3, -0.25) is 4.79 Å². The van der Waals surface area contributed by atoms with Crippen LogP contribution in [0.25, 0.3) is 5.69 Å². The van der Waals surface area contributed by atoms with E-state index in [-0.39, 0.29) is 11.2 Å². The van der Waals surface area contributed by atoms with Crippen molar-refractivity contribution in [3.8, 4) is 11.4 Å². The molecule has 3 rings (SSSR count). The highest BCUT2D eigenvalue weighted by Gasteiger charge is 2.19. The van der Waals surface area contributed by atoms with Crippen LogP contribution in [0.3, 0.4) is 0 Å². The standard InChI is InChI=1S/C20H23N5O2S/c1-13-5-6-14(2)18(11-13)25-20(22-23-24-25)28-15(3)19(26)21-12-16-7-9-17(27-4)10-8-16/h5-11,15H,12H2,1-4H3,(H,21,26)/t15-/m0/s1. The number of aromatic nitrogens is 4. The molecule has 146 valence electrons. The van der Waals surface area contributed by atoms with E-state index in [9.17, 15) is 4.79 Å². The van der Waals surface area contributed by atoms with Gasteiger partial charge < -0.3 is 10.1 Å². The number of hydrogen-bond acceptors (Lipinski definition) is 6. The van der Waals surface area contributed by atoms with E-state index in [4.69, 9.17) is 4.74 Å². The van der Waals surface area contributed by atoms with E-state index in [2.05, 4.69) is 20.8 Å². The number of methoxy groups -OCH3 is 1. The molecular weight excluding hydrogens is 374 g/mol. The molecule has 0 radical (unpaired) electrons. The molecule has 0 aliphatic rings. The Morgan fingerprint density at radius 2 is 1.96 bits per heavy atom. The number of tetrazole rings is 1. The maximum atomic E-state index is 12.5. The number of ether oxygens (including phenoxy) is 1. The predicted molar refractivity (Wildman–Crippen MR) is 109 cm³/mol. The monoisotopic (exact) mass is 397 g/mol. The Kier molecular flexibility index (Phi) is 6.30. The lowest BCUT2D eigenvalue weighted by molar-refractivity contribution is -0.120. The van der Waals surface area contributed by atoms with Crippen LogP contribution in [-0.4, -0.2) is 38.5 Å². The van der Waals surface area contributed by atoms with Crippen LogP contribution in [0.4, 0.5) is 0 Å². The molecule has 1 amide bonds. The van der Waals surface area contributed by atoms with Crippen molar-refractivity contribution < 1.29 is 9.53 Å². The van der Waals surface area contributed by atoms with Crippen LogP contribution in [0.2, 0.25) is 0 Å². The minimum atomic E-state index is -0.340. The summed E-state index contributed by atoms with van der Waals surface area (Å²) in [5, 5.41) is 15.2. The van der Waals surface area contributed by atoms with Crippen molar-refractivity contribution in [1.29, 1.82) is 0 Å². The van der Waals surface area contributed by atoms with E-state index in [0.717, 1.165) is 28.1 Å². The van der Waals surface area contributed by atoms with Crippen molar-refractivity contribution in [1.82, 2.24) is 25.5 Å². The van der Waals surface area contributed by atoms with Crippen LogP contribution in [0.15, 0.2) is 47.6 Å². The van der Waals surface area contributed by atoms with Crippen molar-refractivity contribution in [3.05, 3.63) is 59.2 Å². The first kappa shape index (κ1) is 19.9. The lowest BCUT2D eigenvalue weighted by atomic mass is 10.1. The van der Waals surface area contributed by atoms with Gasteiger partial charge in [-0.2, -0.15) is 4.68 Å². The molecule has 0 aliphatic carbocycles. The van der Waals surface area contributed by atoms with Crippen molar-refractivity contribution in [2.24, 2.45) is 0 Å². The van der Waals surface area contributed by atoms with Crippen molar-refractivity contribution >= 4 is 17.7 Å². The highest BCUT2D eigenvalue weighted by atomic mass is 32.2. The normalized spacial score (nSPS) is 11.9. The maximum absolute atomic E-state index is 12.5. The average Bonchev–Trinajstić information content (AvgIpc) is 3.16. The predicted octanol–water partition coefficient (Wildman–Crippen LogP) is 3.08. The van der Waals surface area contributed by atoms with Crippen molar-refractivity contribution in [2.75, 3.05) is 7.11 Å². The van der Waals surface area contributed by atoms with Gasteiger partial charge in [-0.1, -0.05) is 36.0 Å². The molecule has 1 heterocycles. The Bertz CT molecular complexity index is 955. The molecule has 7 nitrogen and oxygen atoms in total. The summed E-state index contributed by atoms with van der Waals surface area (Å²) >= 11 is 1.33. The fourth-order valence-electron chi connectivity index (χ4n) is 2.64. The summed E-state index contributed by atoms with van der Waals surface area (Å²) in [6, 6.07) is 13.7. The second-order valence-corrected chi connectivity index (χ2v) is 7.80. The summed E-state index contributed by atoms with van der Waals surface area (Å²) in [6.07, 6.45) is 0. The van der Waals surface area contributed by atoms with Crippen LogP contribution in [-0.2, 0) is 11.3 Å². The van der Waals surface area contributed by atoms with Crippen LogP contribution >= 0.6 is 11.8 Å². The molecule has 28 heavy (non-hydrogen) atoms. The van der Waals surface area contributed by atoms with Gasteiger partial charge in [-0.25, -0.2) is 0 Å². The zero-order chi connectivity index (χ0) is 20.1. The van der Waals surface area contributed by atoms with E-state index >= 15 is 0 Å². The molecule has 0 saturated heterocycles. The lowest BCUT2D eigenvalue weighted by Gasteiger charge is -2.13. The molecule has 0 saturated carbocycles. The average molecular weight is 398 g/mol. The number of carbonyl (C=O) groups excluding carboxylic acids is 1. The molecule has 0 bridgehead atoms.